The molecule has 0 amide bonds. The number of halogens is 1. The van der Waals surface area contributed by atoms with Crippen molar-refractivity contribution in [2.45, 2.75) is 70.6 Å². The van der Waals surface area contributed by atoms with Crippen LogP contribution in [0.3, 0.4) is 0 Å². The molecule has 0 N–H and O–H groups in total. The minimum atomic E-state index is -0.384. The summed E-state index contributed by atoms with van der Waals surface area (Å²) < 4.78 is 13.9. The third-order valence-corrected chi connectivity index (χ3v) is 5.66. The van der Waals surface area contributed by atoms with Gasteiger partial charge in [-0.1, -0.05) is 56.9 Å². The van der Waals surface area contributed by atoms with E-state index in [2.05, 4.69) is 31.2 Å². The van der Waals surface area contributed by atoms with Crippen molar-refractivity contribution in [2.24, 2.45) is 0 Å². The largest absolute Gasteiger partial charge is 0.206 e. The summed E-state index contributed by atoms with van der Waals surface area (Å²) in [6.45, 7) is 2.25. The van der Waals surface area contributed by atoms with E-state index in [1.54, 1.807) is 12.1 Å². The average Bonchev–Trinajstić information content (AvgIpc) is 2.67. The van der Waals surface area contributed by atoms with Crippen LogP contribution in [0.15, 0.2) is 36.4 Å². The average molecular weight is 349 g/mol. The standard InChI is InChI=1S/C24H28FN/c1-2-3-4-5-6-7-18-8-10-19(11-9-18)20-12-13-21-15-23(17-26)24(25)16-22(21)14-20/h8-11,15-16,20H,2-7,12-14H2,1H3. The third-order valence-electron chi connectivity index (χ3n) is 5.66. The second-order valence-electron chi connectivity index (χ2n) is 7.56. The lowest BCUT2D eigenvalue weighted by Gasteiger charge is -2.25. The number of hydrogen-bond acceptors (Lipinski definition) is 1. The fourth-order valence-corrected chi connectivity index (χ4v) is 4.04. The van der Waals surface area contributed by atoms with Gasteiger partial charge >= 0.3 is 0 Å². The van der Waals surface area contributed by atoms with E-state index in [0.717, 1.165) is 30.4 Å². The van der Waals surface area contributed by atoms with Crippen molar-refractivity contribution in [3.63, 3.8) is 0 Å². The Morgan fingerprint density at radius 2 is 1.81 bits per heavy atom. The van der Waals surface area contributed by atoms with Crippen LogP contribution < -0.4 is 0 Å². The summed E-state index contributed by atoms with van der Waals surface area (Å²) in [5.74, 6) is 0.0683. The summed E-state index contributed by atoms with van der Waals surface area (Å²) in [4.78, 5) is 0. The van der Waals surface area contributed by atoms with Crippen LogP contribution in [-0.4, -0.2) is 0 Å². The topological polar surface area (TPSA) is 23.8 Å². The number of nitrogens with zero attached hydrogens (tertiary/aromatic N) is 1. The van der Waals surface area contributed by atoms with Gasteiger partial charge in [0.25, 0.3) is 0 Å². The molecule has 0 saturated heterocycles. The smallest absolute Gasteiger partial charge is 0.141 e. The first-order valence-corrected chi connectivity index (χ1v) is 10.0. The van der Waals surface area contributed by atoms with Gasteiger partial charge in [-0.25, -0.2) is 4.39 Å². The molecule has 0 spiro atoms. The molecule has 0 heterocycles. The van der Waals surface area contributed by atoms with Crippen LogP contribution in [0.2, 0.25) is 0 Å². The lowest BCUT2D eigenvalue weighted by atomic mass is 9.79. The number of unbranched alkanes of at least 4 members (excludes halogenated alkanes) is 4. The predicted octanol–water partition coefficient (Wildman–Crippen LogP) is 6.48. The molecule has 0 bridgehead atoms. The van der Waals surface area contributed by atoms with E-state index in [-0.39, 0.29) is 11.4 Å². The van der Waals surface area contributed by atoms with Gasteiger partial charge in [-0.3, -0.25) is 0 Å². The molecule has 26 heavy (non-hydrogen) atoms. The maximum atomic E-state index is 13.9. The zero-order valence-corrected chi connectivity index (χ0v) is 15.7. The Hall–Kier alpha value is -2.14. The van der Waals surface area contributed by atoms with Crippen LogP contribution in [0, 0.1) is 17.1 Å². The minimum absolute atomic E-state index is 0.172. The summed E-state index contributed by atoms with van der Waals surface area (Å²) in [7, 11) is 0. The van der Waals surface area contributed by atoms with E-state index in [4.69, 9.17) is 5.26 Å². The first-order valence-electron chi connectivity index (χ1n) is 10.0. The summed E-state index contributed by atoms with van der Waals surface area (Å²) in [6.07, 6.45) is 10.6. The monoisotopic (exact) mass is 349 g/mol. The first kappa shape index (κ1) is 18.6. The van der Waals surface area contributed by atoms with E-state index in [1.165, 1.54) is 49.7 Å². The highest BCUT2D eigenvalue weighted by Gasteiger charge is 2.22. The summed E-state index contributed by atoms with van der Waals surface area (Å²) in [5.41, 5.74) is 5.16. The number of hydrogen-bond donors (Lipinski definition) is 0. The first-order chi connectivity index (χ1) is 12.7. The van der Waals surface area contributed by atoms with Crippen molar-refractivity contribution in [1.29, 1.82) is 5.26 Å². The predicted molar refractivity (Wildman–Crippen MR) is 105 cm³/mol. The van der Waals surface area contributed by atoms with Crippen molar-refractivity contribution in [2.75, 3.05) is 0 Å². The SMILES string of the molecule is CCCCCCCc1ccc(C2CCc3cc(C#N)c(F)cc3C2)cc1. The number of rotatable bonds is 7. The van der Waals surface area contributed by atoms with Gasteiger partial charge in [0, 0.05) is 0 Å². The second kappa shape index (κ2) is 8.99. The molecule has 2 aromatic carbocycles. The maximum absolute atomic E-state index is 13.9. The van der Waals surface area contributed by atoms with E-state index < -0.39 is 0 Å². The summed E-state index contributed by atoms with van der Waals surface area (Å²) in [6, 6.07) is 14.3. The van der Waals surface area contributed by atoms with Gasteiger partial charge in [-0.2, -0.15) is 5.26 Å². The van der Waals surface area contributed by atoms with Crippen molar-refractivity contribution in [3.05, 3.63) is 70.0 Å². The van der Waals surface area contributed by atoms with Crippen LogP contribution in [0.5, 0.6) is 0 Å². The molecule has 0 radical (unpaired) electrons. The van der Waals surface area contributed by atoms with Gasteiger partial charge in [0.05, 0.1) is 5.56 Å². The fraction of sp³-hybridized carbons (Fsp3) is 0.458. The van der Waals surface area contributed by atoms with Crippen molar-refractivity contribution in [1.82, 2.24) is 0 Å². The minimum Gasteiger partial charge on any atom is -0.206 e. The second-order valence-corrected chi connectivity index (χ2v) is 7.56. The zero-order valence-electron chi connectivity index (χ0n) is 15.7. The van der Waals surface area contributed by atoms with Crippen LogP contribution in [-0.2, 0) is 19.3 Å². The Morgan fingerprint density at radius 3 is 2.54 bits per heavy atom. The Bertz CT molecular complexity index is 770. The highest BCUT2D eigenvalue weighted by Crippen LogP contribution is 2.34. The number of fused-ring (bicyclic) bond motifs is 1. The highest BCUT2D eigenvalue weighted by molar-refractivity contribution is 5.42. The van der Waals surface area contributed by atoms with Gasteiger partial charge in [0.15, 0.2) is 0 Å². The van der Waals surface area contributed by atoms with Crippen LogP contribution >= 0.6 is 0 Å². The van der Waals surface area contributed by atoms with Gasteiger partial charge in [0.2, 0.25) is 0 Å². The molecular weight excluding hydrogens is 321 g/mol. The quantitative estimate of drug-likeness (QED) is 0.525. The Morgan fingerprint density at radius 1 is 1.04 bits per heavy atom. The molecule has 1 nitrogen and oxygen atoms in total. The van der Waals surface area contributed by atoms with E-state index in [9.17, 15) is 4.39 Å². The molecular formula is C24H28FN. The summed E-state index contributed by atoms with van der Waals surface area (Å²) in [5, 5.41) is 8.99. The molecule has 0 fully saturated rings. The van der Waals surface area contributed by atoms with Crippen molar-refractivity contribution in [3.8, 4) is 6.07 Å². The molecule has 1 unspecified atom stereocenters. The fourth-order valence-electron chi connectivity index (χ4n) is 4.04. The Labute approximate surface area is 156 Å². The molecule has 1 aliphatic carbocycles. The molecule has 136 valence electrons. The van der Waals surface area contributed by atoms with Crippen molar-refractivity contribution < 1.29 is 4.39 Å². The van der Waals surface area contributed by atoms with E-state index in [0.29, 0.717) is 5.92 Å². The normalized spacial score (nSPS) is 16.1. The Balaban J connectivity index is 1.60. The molecule has 1 aliphatic rings. The molecule has 2 aromatic rings. The number of nitriles is 1. The molecule has 2 heteroatoms. The number of aryl methyl sites for hydroxylation is 2. The van der Waals surface area contributed by atoms with Crippen LogP contribution in [0.25, 0.3) is 0 Å². The van der Waals surface area contributed by atoms with E-state index >= 15 is 0 Å². The summed E-state index contributed by atoms with van der Waals surface area (Å²) >= 11 is 0. The third kappa shape index (κ3) is 4.52. The zero-order chi connectivity index (χ0) is 18.4. The van der Waals surface area contributed by atoms with Gasteiger partial charge in [-0.15, -0.1) is 0 Å². The van der Waals surface area contributed by atoms with E-state index in [1.807, 2.05) is 6.07 Å². The molecule has 0 aliphatic heterocycles. The van der Waals surface area contributed by atoms with Crippen LogP contribution in [0.1, 0.15) is 79.2 Å². The highest BCUT2D eigenvalue weighted by atomic mass is 19.1. The maximum Gasteiger partial charge on any atom is 0.141 e. The van der Waals surface area contributed by atoms with Gasteiger partial charge in [-0.05, 0) is 72.4 Å². The lowest BCUT2D eigenvalue weighted by Crippen LogP contribution is -2.13. The van der Waals surface area contributed by atoms with Gasteiger partial charge < -0.3 is 0 Å². The number of benzene rings is 2. The van der Waals surface area contributed by atoms with Gasteiger partial charge in [0.1, 0.15) is 11.9 Å². The van der Waals surface area contributed by atoms with Crippen LogP contribution in [0.4, 0.5) is 4.39 Å². The van der Waals surface area contributed by atoms with Crippen molar-refractivity contribution >= 4 is 0 Å². The lowest BCUT2D eigenvalue weighted by molar-refractivity contribution is 0.570. The molecule has 0 aromatic heterocycles. The molecule has 1 atom stereocenters. The molecule has 0 saturated carbocycles. The molecule has 3 rings (SSSR count). The Kier molecular flexibility index (Phi) is 6.45.